The summed E-state index contributed by atoms with van der Waals surface area (Å²) >= 11 is 8.68. The van der Waals surface area contributed by atoms with Gasteiger partial charge in [-0.25, -0.2) is 4.98 Å². The van der Waals surface area contributed by atoms with Crippen LogP contribution in [0.1, 0.15) is 12.5 Å². The molecule has 0 spiro atoms. The van der Waals surface area contributed by atoms with Crippen molar-refractivity contribution >= 4 is 57.3 Å². The molecule has 0 unspecified atom stereocenters. The first-order chi connectivity index (χ1) is 17.5. The molecule has 2 N–H and O–H groups in total. The molecule has 9 heteroatoms. The van der Waals surface area contributed by atoms with Crippen LogP contribution < -0.4 is 15.4 Å². The Morgan fingerprint density at radius 2 is 1.67 bits per heavy atom. The van der Waals surface area contributed by atoms with Crippen molar-refractivity contribution in [1.29, 1.82) is 0 Å². The molecule has 184 valence electrons. The van der Waals surface area contributed by atoms with Crippen molar-refractivity contribution < 1.29 is 14.3 Å². The Balaban J connectivity index is 1.23. The molecule has 0 radical (unpaired) electrons. The van der Waals surface area contributed by atoms with Gasteiger partial charge in [0.25, 0.3) is 0 Å². The molecule has 4 aromatic rings. The lowest BCUT2D eigenvalue weighted by atomic mass is 10.1. The quantitative estimate of drug-likeness (QED) is 0.218. The number of nitrogens with one attached hydrogen (secondary N) is 2. The molecule has 0 aliphatic rings. The van der Waals surface area contributed by atoms with Crippen molar-refractivity contribution in [2.45, 2.75) is 18.2 Å². The predicted octanol–water partition coefficient (Wildman–Crippen LogP) is 6.77. The molecule has 0 aliphatic carbocycles. The highest BCUT2D eigenvalue weighted by Crippen LogP contribution is 2.27. The molecule has 0 bridgehead atoms. The van der Waals surface area contributed by atoms with E-state index in [2.05, 4.69) is 15.6 Å². The number of ether oxygens (including phenoxy) is 1. The maximum atomic E-state index is 12.4. The van der Waals surface area contributed by atoms with Gasteiger partial charge in [0.2, 0.25) is 11.8 Å². The van der Waals surface area contributed by atoms with Gasteiger partial charge >= 0.3 is 0 Å². The molecule has 2 amide bonds. The van der Waals surface area contributed by atoms with E-state index in [4.69, 9.17) is 16.3 Å². The van der Waals surface area contributed by atoms with Crippen molar-refractivity contribution in [1.82, 2.24) is 4.98 Å². The number of rotatable bonds is 10. The second kappa shape index (κ2) is 12.6. The van der Waals surface area contributed by atoms with Gasteiger partial charge in [0.1, 0.15) is 5.75 Å². The summed E-state index contributed by atoms with van der Waals surface area (Å²) in [6.45, 7) is 2.57. The zero-order valence-corrected chi connectivity index (χ0v) is 21.9. The van der Waals surface area contributed by atoms with Gasteiger partial charge in [0, 0.05) is 26.5 Å². The van der Waals surface area contributed by atoms with Crippen LogP contribution in [-0.4, -0.2) is 29.2 Å². The minimum atomic E-state index is -0.132. The molecule has 3 aromatic carbocycles. The minimum Gasteiger partial charge on any atom is -0.494 e. The Kier molecular flexibility index (Phi) is 9.00. The average Bonchev–Trinajstić information content (AvgIpc) is 3.34. The van der Waals surface area contributed by atoms with E-state index in [0.29, 0.717) is 22.4 Å². The van der Waals surface area contributed by atoms with Crippen molar-refractivity contribution in [3.63, 3.8) is 0 Å². The summed E-state index contributed by atoms with van der Waals surface area (Å²) in [7, 11) is 0. The number of amides is 2. The molecule has 1 heterocycles. The highest BCUT2D eigenvalue weighted by atomic mass is 35.5. The van der Waals surface area contributed by atoms with E-state index in [-0.39, 0.29) is 24.0 Å². The fourth-order valence-corrected chi connectivity index (χ4v) is 4.84. The van der Waals surface area contributed by atoms with Crippen LogP contribution in [0.15, 0.2) is 83.1 Å². The number of aromatic nitrogens is 1. The predicted molar refractivity (Wildman–Crippen MR) is 148 cm³/mol. The van der Waals surface area contributed by atoms with Crippen LogP contribution in [0.5, 0.6) is 5.75 Å². The van der Waals surface area contributed by atoms with Crippen LogP contribution in [0.2, 0.25) is 5.02 Å². The van der Waals surface area contributed by atoms with Crippen LogP contribution in [0, 0.1) is 0 Å². The third kappa shape index (κ3) is 7.58. The SMILES string of the molecule is CCOc1ccc(-c2csc(NC(=O)CSc3ccc(NC(=O)Cc4ccc(Cl)cc4)cc3)n2)cc1. The molecule has 4 rings (SSSR count). The fourth-order valence-electron chi connectivity index (χ4n) is 3.28. The van der Waals surface area contributed by atoms with Crippen molar-refractivity contribution in [3.05, 3.63) is 88.8 Å². The van der Waals surface area contributed by atoms with Crippen LogP contribution in [0.25, 0.3) is 11.3 Å². The van der Waals surface area contributed by atoms with Gasteiger partial charge in [0.05, 0.1) is 24.5 Å². The van der Waals surface area contributed by atoms with E-state index in [1.54, 1.807) is 12.1 Å². The second-order valence-corrected chi connectivity index (χ2v) is 10.1. The number of hydrogen-bond acceptors (Lipinski definition) is 6. The number of thiazole rings is 1. The molecule has 0 aliphatic heterocycles. The molecule has 6 nitrogen and oxygen atoms in total. The van der Waals surface area contributed by atoms with Crippen LogP contribution in [0.4, 0.5) is 10.8 Å². The summed E-state index contributed by atoms with van der Waals surface area (Å²) in [5.41, 5.74) is 3.36. The summed E-state index contributed by atoms with van der Waals surface area (Å²) in [6.07, 6.45) is 0.269. The van der Waals surface area contributed by atoms with E-state index in [1.807, 2.05) is 73.0 Å². The summed E-state index contributed by atoms with van der Waals surface area (Å²) in [6, 6.07) is 22.3. The zero-order chi connectivity index (χ0) is 25.3. The van der Waals surface area contributed by atoms with E-state index in [9.17, 15) is 9.59 Å². The Morgan fingerprint density at radius 1 is 0.944 bits per heavy atom. The zero-order valence-electron chi connectivity index (χ0n) is 19.5. The average molecular weight is 538 g/mol. The van der Waals surface area contributed by atoms with Gasteiger partial charge in [0.15, 0.2) is 5.13 Å². The lowest BCUT2D eigenvalue weighted by Gasteiger charge is -2.07. The Hall–Kier alpha value is -3.33. The van der Waals surface area contributed by atoms with Crippen molar-refractivity contribution in [3.8, 4) is 17.0 Å². The molecule has 36 heavy (non-hydrogen) atoms. The first kappa shape index (κ1) is 25.8. The molecular formula is C27H24ClN3O3S2. The van der Waals surface area contributed by atoms with E-state index < -0.39 is 0 Å². The fraction of sp³-hybridized carbons (Fsp3) is 0.148. The van der Waals surface area contributed by atoms with E-state index in [1.165, 1.54) is 23.1 Å². The normalized spacial score (nSPS) is 10.6. The highest BCUT2D eigenvalue weighted by Gasteiger charge is 2.10. The van der Waals surface area contributed by atoms with Gasteiger partial charge in [-0.15, -0.1) is 23.1 Å². The molecule has 0 saturated heterocycles. The van der Waals surface area contributed by atoms with Crippen LogP contribution in [0.3, 0.4) is 0 Å². The van der Waals surface area contributed by atoms with Gasteiger partial charge in [-0.3, -0.25) is 9.59 Å². The smallest absolute Gasteiger partial charge is 0.236 e. The monoisotopic (exact) mass is 537 g/mol. The van der Waals surface area contributed by atoms with Crippen LogP contribution in [-0.2, 0) is 16.0 Å². The summed E-state index contributed by atoms with van der Waals surface area (Å²) in [5.74, 6) is 0.828. The number of carbonyl (C=O) groups excluding carboxylic acids is 2. The molecular weight excluding hydrogens is 514 g/mol. The topological polar surface area (TPSA) is 80.3 Å². The number of hydrogen-bond donors (Lipinski definition) is 2. The summed E-state index contributed by atoms with van der Waals surface area (Å²) < 4.78 is 5.47. The van der Waals surface area contributed by atoms with E-state index >= 15 is 0 Å². The molecule has 1 aromatic heterocycles. The number of nitrogens with zero attached hydrogens (tertiary/aromatic N) is 1. The Labute approximate surface area is 223 Å². The molecule has 0 atom stereocenters. The summed E-state index contributed by atoms with van der Waals surface area (Å²) in [4.78, 5) is 30.1. The van der Waals surface area contributed by atoms with Gasteiger partial charge in [-0.1, -0.05) is 23.7 Å². The first-order valence-electron chi connectivity index (χ1n) is 11.2. The van der Waals surface area contributed by atoms with Crippen molar-refractivity contribution in [2.24, 2.45) is 0 Å². The number of thioether (sulfide) groups is 1. The van der Waals surface area contributed by atoms with Crippen molar-refractivity contribution in [2.75, 3.05) is 23.0 Å². The molecule has 0 fully saturated rings. The van der Waals surface area contributed by atoms with Gasteiger partial charge in [-0.05, 0) is 73.2 Å². The Bertz CT molecular complexity index is 1310. The van der Waals surface area contributed by atoms with Gasteiger partial charge < -0.3 is 15.4 Å². The Morgan fingerprint density at radius 3 is 2.36 bits per heavy atom. The number of carbonyl (C=O) groups is 2. The number of anilines is 2. The highest BCUT2D eigenvalue weighted by molar-refractivity contribution is 8.00. The first-order valence-corrected chi connectivity index (χ1v) is 13.5. The maximum absolute atomic E-state index is 12.4. The largest absolute Gasteiger partial charge is 0.494 e. The maximum Gasteiger partial charge on any atom is 0.236 e. The third-order valence-electron chi connectivity index (χ3n) is 5.00. The molecule has 0 saturated carbocycles. The van der Waals surface area contributed by atoms with Crippen LogP contribution >= 0.6 is 34.7 Å². The van der Waals surface area contributed by atoms with Gasteiger partial charge in [-0.2, -0.15) is 0 Å². The standard InChI is InChI=1S/C27H24ClN3O3S2/c1-2-34-22-11-5-19(6-12-22)24-16-36-27(30-24)31-26(33)17-35-23-13-9-21(10-14-23)29-25(32)15-18-3-7-20(28)8-4-18/h3-14,16H,2,15,17H2,1H3,(H,29,32)(H,30,31,33). The lowest BCUT2D eigenvalue weighted by molar-refractivity contribution is -0.115. The lowest BCUT2D eigenvalue weighted by Crippen LogP contribution is -2.14. The summed E-state index contributed by atoms with van der Waals surface area (Å²) in [5, 5.41) is 8.85. The number of benzene rings is 3. The minimum absolute atomic E-state index is 0.106. The van der Waals surface area contributed by atoms with E-state index in [0.717, 1.165) is 27.5 Å². The third-order valence-corrected chi connectivity index (χ3v) is 7.02. The second-order valence-electron chi connectivity index (χ2n) is 7.71. The number of halogens is 1.